The minimum absolute atomic E-state index is 0.00413. The van der Waals surface area contributed by atoms with Crippen LogP contribution in [-0.4, -0.2) is 100 Å². The lowest BCUT2D eigenvalue weighted by molar-refractivity contribution is -0.136. The second-order valence-corrected chi connectivity index (χ2v) is 20.4. The number of piperazine rings is 1. The van der Waals surface area contributed by atoms with Crippen LogP contribution in [0.3, 0.4) is 0 Å². The number of imide groups is 1. The third-order valence-corrected chi connectivity index (χ3v) is 13.7. The number of hydrogen-bond acceptors (Lipinski definition) is 12. The van der Waals surface area contributed by atoms with Gasteiger partial charge >= 0.3 is 6.03 Å². The first kappa shape index (κ1) is 50.2. The average Bonchev–Trinajstić information content (AvgIpc) is 3.65. The molecule has 2 fully saturated rings. The number of rotatable bonds is 16. The maximum Gasteiger partial charge on any atom is 0.319 e. The van der Waals surface area contributed by atoms with Crippen LogP contribution in [0.15, 0.2) is 78.9 Å². The van der Waals surface area contributed by atoms with Crippen molar-refractivity contribution in [3.05, 3.63) is 111 Å². The van der Waals surface area contributed by atoms with E-state index in [0.717, 1.165) is 35.0 Å². The number of carbonyl (C=O) groups is 4. The van der Waals surface area contributed by atoms with Crippen LogP contribution < -0.4 is 36.2 Å². The Hall–Kier alpha value is -6.79. The predicted octanol–water partition coefficient (Wildman–Crippen LogP) is 8.94. The van der Waals surface area contributed by atoms with Gasteiger partial charge in [0, 0.05) is 91.9 Å². The maximum absolute atomic E-state index is 17.0. The van der Waals surface area contributed by atoms with E-state index < -0.39 is 35.0 Å². The number of phenolic OH excluding ortho intramolecular Hbond substituents is 1. The van der Waals surface area contributed by atoms with Crippen molar-refractivity contribution in [3.8, 4) is 22.6 Å². The number of urea groups is 1. The summed E-state index contributed by atoms with van der Waals surface area (Å²) in [6.07, 6.45) is 1.52. The molecule has 3 aliphatic heterocycles. The fourth-order valence-electron chi connectivity index (χ4n) is 9.41. The van der Waals surface area contributed by atoms with Crippen LogP contribution in [0.2, 0.25) is 10.0 Å². The van der Waals surface area contributed by atoms with E-state index in [2.05, 4.69) is 31.5 Å². The smallest absolute Gasteiger partial charge is 0.319 e. The van der Waals surface area contributed by atoms with Crippen LogP contribution in [0.25, 0.3) is 32.8 Å². The number of benzene rings is 5. The molecule has 6 aromatic rings. The highest BCUT2D eigenvalue weighted by atomic mass is 35.5. The fraction of sp³-hybridized carbons (Fsp3) is 0.358. The number of halogens is 3. The molecule has 72 heavy (non-hydrogen) atoms. The number of aromatic nitrogens is 2. The minimum Gasteiger partial charge on any atom is -0.508 e. The van der Waals surface area contributed by atoms with Crippen molar-refractivity contribution in [1.29, 1.82) is 0 Å². The Morgan fingerprint density at radius 1 is 0.917 bits per heavy atom. The molecule has 5 aromatic carbocycles. The molecule has 0 radical (unpaired) electrons. The predicted molar refractivity (Wildman–Crippen MR) is 276 cm³/mol. The number of nitrogens with zero attached hydrogens (tertiary/aromatic N) is 4. The third kappa shape index (κ3) is 11.3. The molecule has 3 aliphatic rings. The van der Waals surface area contributed by atoms with Crippen molar-refractivity contribution in [2.45, 2.75) is 83.7 Å². The Bertz CT molecular complexity index is 3110. The lowest BCUT2D eigenvalue weighted by Gasteiger charge is -2.31. The summed E-state index contributed by atoms with van der Waals surface area (Å²) in [4.78, 5) is 63.4. The summed E-state index contributed by atoms with van der Waals surface area (Å²) in [7, 11) is 0. The second-order valence-electron chi connectivity index (χ2n) is 19.5. The summed E-state index contributed by atoms with van der Waals surface area (Å²) in [5, 5.41) is 27.8. The number of hydrogen-bond donors (Lipinski definition) is 6. The SMILES string of the molecule is CC(C)(CCNc1nc(N2CCNCC2)c2cc(Cl)c(-c3cc(O)cc4ccccc34)c(F)c2n1)OCCC(C)(C)Oc1cc(Cl)cc(NC(=O)NCc2ccc3c(c2)CN(C2CCC(=O)NC2=O)C3=O)c1. The highest BCUT2D eigenvalue weighted by Gasteiger charge is 2.39. The average molecular weight is 1020 g/mol. The van der Waals surface area contributed by atoms with Gasteiger partial charge in [-0.25, -0.2) is 14.2 Å². The van der Waals surface area contributed by atoms with Crippen LogP contribution >= 0.6 is 23.2 Å². The van der Waals surface area contributed by atoms with Crippen molar-refractivity contribution in [2.75, 3.05) is 54.9 Å². The van der Waals surface area contributed by atoms with Crippen LogP contribution in [0.5, 0.6) is 11.5 Å². The standard InChI is InChI=1S/C53H56Cl2FN9O7/c1-52(2,13-15-58-50-62-46-40(47(63-50)64-18-16-57-17-19-64)27-41(55)44(45(46)56)39-26-35(66)22-31-7-5-6-8-37(31)39)71-20-14-53(3,4)72-36-24-33(54)23-34(25-36)60-51(70)59-28-30-9-10-38-32(21-30)29-65(49(38)69)42-11-12-43(67)61-48(42)68/h5-10,21-27,42,57,66H,11-20,28-29H2,1-4H3,(H,58,62,63)(H2,59,60,70)(H,61,67,68). The lowest BCUT2D eigenvalue weighted by atomic mass is 9.96. The molecule has 9 rings (SSSR count). The zero-order chi connectivity index (χ0) is 50.9. The van der Waals surface area contributed by atoms with E-state index in [0.29, 0.717) is 77.9 Å². The molecule has 0 saturated carbocycles. The normalized spacial score (nSPS) is 16.3. The molecule has 19 heteroatoms. The van der Waals surface area contributed by atoms with Gasteiger partial charge in [0.15, 0.2) is 5.82 Å². The molecule has 0 aliphatic carbocycles. The van der Waals surface area contributed by atoms with Gasteiger partial charge in [0.1, 0.15) is 34.5 Å². The van der Waals surface area contributed by atoms with Gasteiger partial charge in [-0.15, -0.1) is 0 Å². The van der Waals surface area contributed by atoms with Crippen molar-refractivity contribution < 1.29 is 38.1 Å². The van der Waals surface area contributed by atoms with Gasteiger partial charge < -0.3 is 45.6 Å². The molecule has 1 unspecified atom stereocenters. The number of nitrogens with one attached hydrogen (secondary N) is 5. The molecule has 5 amide bonds. The van der Waals surface area contributed by atoms with Crippen molar-refractivity contribution in [2.24, 2.45) is 0 Å². The molecule has 1 atom stereocenters. The van der Waals surface area contributed by atoms with Crippen LogP contribution in [-0.2, 0) is 27.4 Å². The minimum atomic E-state index is -0.710. The van der Waals surface area contributed by atoms with Crippen LogP contribution in [0.1, 0.15) is 74.9 Å². The van der Waals surface area contributed by atoms with Gasteiger partial charge in [-0.3, -0.25) is 19.7 Å². The Labute approximate surface area is 425 Å². The molecule has 0 spiro atoms. The zero-order valence-corrected chi connectivity index (χ0v) is 41.9. The molecular weight excluding hydrogens is 965 g/mol. The lowest BCUT2D eigenvalue weighted by Crippen LogP contribution is -2.52. The molecule has 0 bridgehead atoms. The van der Waals surface area contributed by atoms with Gasteiger partial charge in [-0.05, 0) is 104 Å². The molecule has 376 valence electrons. The van der Waals surface area contributed by atoms with Crippen molar-refractivity contribution in [3.63, 3.8) is 0 Å². The number of fused-ring (bicyclic) bond motifs is 3. The Kier molecular flexibility index (Phi) is 14.5. The van der Waals surface area contributed by atoms with Gasteiger partial charge in [-0.2, -0.15) is 4.98 Å². The number of carbonyl (C=O) groups excluding carboxylic acids is 4. The molecule has 4 heterocycles. The Morgan fingerprint density at radius 2 is 1.71 bits per heavy atom. The summed E-state index contributed by atoms with van der Waals surface area (Å²) < 4.78 is 29.7. The van der Waals surface area contributed by atoms with Gasteiger partial charge in [-0.1, -0.05) is 59.6 Å². The summed E-state index contributed by atoms with van der Waals surface area (Å²) in [6, 6.07) is 21.4. The second kappa shape index (κ2) is 20.7. The number of piperidine rings is 1. The van der Waals surface area contributed by atoms with E-state index in [9.17, 15) is 24.3 Å². The van der Waals surface area contributed by atoms with Gasteiger partial charge in [0.2, 0.25) is 17.8 Å². The number of phenols is 1. The van der Waals surface area contributed by atoms with E-state index >= 15 is 4.39 Å². The summed E-state index contributed by atoms with van der Waals surface area (Å²) in [6.45, 7) is 11.9. The first-order valence-corrected chi connectivity index (χ1v) is 24.7. The summed E-state index contributed by atoms with van der Waals surface area (Å²) in [5.74, 6) is -0.397. The van der Waals surface area contributed by atoms with E-state index in [1.165, 1.54) is 11.0 Å². The van der Waals surface area contributed by atoms with E-state index in [1.54, 1.807) is 42.5 Å². The van der Waals surface area contributed by atoms with Crippen molar-refractivity contribution in [1.82, 2.24) is 30.8 Å². The first-order chi connectivity index (χ1) is 34.4. The number of ether oxygens (including phenoxy) is 2. The highest BCUT2D eigenvalue weighted by molar-refractivity contribution is 6.35. The molecule has 2 saturated heterocycles. The Morgan fingerprint density at radius 3 is 2.50 bits per heavy atom. The largest absolute Gasteiger partial charge is 0.508 e. The number of anilines is 3. The first-order valence-electron chi connectivity index (χ1n) is 24.0. The molecule has 16 nitrogen and oxygen atoms in total. The molecule has 1 aromatic heterocycles. The van der Waals surface area contributed by atoms with Gasteiger partial charge in [0.25, 0.3) is 5.91 Å². The number of aromatic hydroxyl groups is 1. The van der Waals surface area contributed by atoms with Gasteiger partial charge in [0.05, 0.1) is 17.2 Å². The van der Waals surface area contributed by atoms with Crippen molar-refractivity contribution >= 4 is 86.1 Å². The quantitative estimate of drug-likeness (QED) is 0.0504. The maximum atomic E-state index is 17.0. The third-order valence-electron chi connectivity index (χ3n) is 13.2. The molecule has 6 N–H and O–H groups in total. The van der Waals surface area contributed by atoms with E-state index in [1.807, 2.05) is 58.0 Å². The number of amides is 5. The monoisotopic (exact) mass is 1020 g/mol. The summed E-state index contributed by atoms with van der Waals surface area (Å²) >= 11 is 13.4. The molecular formula is C53H56Cl2FN9O7. The Balaban J connectivity index is 0.789. The zero-order valence-electron chi connectivity index (χ0n) is 40.4. The highest BCUT2D eigenvalue weighted by Crippen LogP contribution is 2.42. The summed E-state index contributed by atoms with van der Waals surface area (Å²) in [5.41, 5.74) is 1.86. The van der Waals surface area contributed by atoms with Crippen LogP contribution in [0, 0.1) is 5.82 Å². The van der Waals surface area contributed by atoms with E-state index in [4.69, 9.17) is 42.6 Å². The van der Waals surface area contributed by atoms with E-state index in [-0.39, 0.29) is 65.5 Å². The van der Waals surface area contributed by atoms with Crippen LogP contribution in [0.4, 0.5) is 26.6 Å². The topological polar surface area (TPSA) is 199 Å². The fourth-order valence-corrected chi connectivity index (χ4v) is 9.92.